The van der Waals surface area contributed by atoms with E-state index in [4.69, 9.17) is 5.26 Å². The monoisotopic (exact) mass is 241 g/mol. The lowest BCUT2D eigenvalue weighted by atomic mass is 10.0. The smallest absolute Gasteiger partial charge is 0.137 e. The SMILES string of the molecule is Cc1[nH]c(-c2ccccc2)nc1C(O)C(C)C#N. The van der Waals surface area contributed by atoms with Crippen molar-refractivity contribution >= 4 is 0 Å². The average molecular weight is 241 g/mol. The van der Waals surface area contributed by atoms with Gasteiger partial charge in [0, 0.05) is 11.3 Å². The van der Waals surface area contributed by atoms with Crippen LogP contribution in [0.1, 0.15) is 24.4 Å². The van der Waals surface area contributed by atoms with Gasteiger partial charge >= 0.3 is 0 Å². The number of aromatic nitrogens is 2. The van der Waals surface area contributed by atoms with Gasteiger partial charge in [0.05, 0.1) is 17.7 Å². The lowest BCUT2D eigenvalue weighted by molar-refractivity contribution is 0.138. The van der Waals surface area contributed by atoms with Crippen LogP contribution in [-0.2, 0) is 0 Å². The Bertz CT molecular complexity index is 568. The molecule has 92 valence electrons. The molecule has 0 aliphatic carbocycles. The van der Waals surface area contributed by atoms with E-state index in [-0.39, 0.29) is 0 Å². The Morgan fingerprint density at radius 2 is 2.00 bits per heavy atom. The molecule has 0 saturated carbocycles. The maximum absolute atomic E-state index is 10.0. The van der Waals surface area contributed by atoms with Crippen molar-refractivity contribution in [2.75, 3.05) is 0 Å². The summed E-state index contributed by atoms with van der Waals surface area (Å²) >= 11 is 0. The fourth-order valence-electron chi connectivity index (χ4n) is 1.80. The number of nitrogens with one attached hydrogen (secondary N) is 1. The summed E-state index contributed by atoms with van der Waals surface area (Å²) in [5, 5.41) is 18.9. The van der Waals surface area contributed by atoms with Crippen LogP contribution in [0.3, 0.4) is 0 Å². The van der Waals surface area contributed by atoms with Gasteiger partial charge < -0.3 is 10.1 Å². The van der Waals surface area contributed by atoms with Gasteiger partial charge in [0.25, 0.3) is 0 Å². The van der Waals surface area contributed by atoms with Gasteiger partial charge in [0.1, 0.15) is 11.9 Å². The molecule has 2 atom stereocenters. The zero-order valence-electron chi connectivity index (χ0n) is 10.4. The van der Waals surface area contributed by atoms with E-state index in [0.29, 0.717) is 11.5 Å². The van der Waals surface area contributed by atoms with Gasteiger partial charge in [0.15, 0.2) is 0 Å². The van der Waals surface area contributed by atoms with Crippen LogP contribution in [0.25, 0.3) is 11.4 Å². The minimum absolute atomic E-state index is 0.476. The molecule has 0 bridgehead atoms. The van der Waals surface area contributed by atoms with E-state index in [1.807, 2.05) is 43.3 Å². The normalized spacial score (nSPS) is 13.9. The number of benzene rings is 1. The van der Waals surface area contributed by atoms with E-state index < -0.39 is 12.0 Å². The van der Waals surface area contributed by atoms with Crippen LogP contribution in [0, 0.1) is 24.2 Å². The van der Waals surface area contributed by atoms with Crippen LogP contribution in [0.15, 0.2) is 30.3 Å². The highest BCUT2D eigenvalue weighted by Gasteiger charge is 2.21. The average Bonchev–Trinajstić information content (AvgIpc) is 2.80. The van der Waals surface area contributed by atoms with E-state index in [2.05, 4.69) is 9.97 Å². The molecule has 4 heteroatoms. The predicted octanol–water partition coefficient (Wildman–Crippen LogP) is 2.58. The zero-order valence-corrected chi connectivity index (χ0v) is 10.4. The van der Waals surface area contributed by atoms with Crippen LogP contribution in [0.5, 0.6) is 0 Å². The predicted molar refractivity (Wildman–Crippen MR) is 68.5 cm³/mol. The molecule has 0 radical (unpaired) electrons. The van der Waals surface area contributed by atoms with Crippen molar-refractivity contribution in [2.45, 2.75) is 20.0 Å². The highest BCUT2D eigenvalue weighted by atomic mass is 16.3. The largest absolute Gasteiger partial charge is 0.385 e. The van der Waals surface area contributed by atoms with E-state index in [0.717, 1.165) is 11.3 Å². The molecular weight excluding hydrogens is 226 g/mol. The quantitative estimate of drug-likeness (QED) is 0.867. The lowest BCUT2D eigenvalue weighted by Gasteiger charge is -2.10. The summed E-state index contributed by atoms with van der Waals surface area (Å²) in [5.74, 6) is 0.239. The summed E-state index contributed by atoms with van der Waals surface area (Å²) in [6.45, 7) is 3.53. The zero-order chi connectivity index (χ0) is 13.1. The van der Waals surface area contributed by atoms with Crippen LogP contribution in [0.4, 0.5) is 0 Å². The minimum Gasteiger partial charge on any atom is -0.385 e. The summed E-state index contributed by atoms with van der Waals surface area (Å²) in [6, 6.07) is 11.7. The van der Waals surface area contributed by atoms with Crippen LogP contribution in [-0.4, -0.2) is 15.1 Å². The maximum Gasteiger partial charge on any atom is 0.137 e. The lowest BCUT2D eigenvalue weighted by Crippen LogP contribution is -2.08. The first-order valence-corrected chi connectivity index (χ1v) is 5.83. The maximum atomic E-state index is 10.0. The van der Waals surface area contributed by atoms with Crippen molar-refractivity contribution in [1.29, 1.82) is 5.26 Å². The van der Waals surface area contributed by atoms with Crippen molar-refractivity contribution < 1.29 is 5.11 Å². The summed E-state index contributed by atoms with van der Waals surface area (Å²) in [4.78, 5) is 7.53. The molecule has 2 N–H and O–H groups in total. The second-order valence-corrected chi connectivity index (χ2v) is 4.32. The molecule has 0 aliphatic heterocycles. The molecular formula is C14H15N3O. The van der Waals surface area contributed by atoms with Crippen LogP contribution in [0.2, 0.25) is 0 Å². The summed E-state index contributed by atoms with van der Waals surface area (Å²) < 4.78 is 0. The van der Waals surface area contributed by atoms with Crippen molar-refractivity contribution in [3.05, 3.63) is 41.7 Å². The fourth-order valence-corrected chi connectivity index (χ4v) is 1.80. The Balaban J connectivity index is 2.37. The number of nitrogens with zero attached hydrogens (tertiary/aromatic N) is 2. The van der Waals surface area contributed by atoms with Crippen molar-refractivity contribution in [3.63, 3.8) is 0 Å². The van der Waals surface area contributed by atoms with Crippen LogP contribution >= 0.6 is 0 Å². The molecule has 0 amide bonds. The molecule has 0 aliphatic rings. The Labute approximate surface area is 106 Å². The molecule has 2 aromatic rings. The van der Waals surface area contributed by atoms with E-state index in [1.165, 1.54) is 0 Å². The molecule has 1 heterocycles. The molecule has 1 aromatic heterocycles. The van der Waals surface area contributed by atoms with E-state index in [1.54, 1.807) is 6.92 Å². The number of nitriles is 1. The Morgan fingerprint density at radius 1 is 1.33 bits per heavy atom. The molecule has 2 rings (SSSR count). The van der Waals surface area contributed by atoms with E-state index in [9.17, 15) is 5.11 Å². The summed E-state index contributed by atoms with van der Waals surface area (Å²) in [7, 11) is 0. The Morgan fingerprint density at radius 3 is 2.61 bits per heavy atom. The van der Waals surface area contributed by atoms with Crippen LogP contribution < -0.4 is 0 Å². The topological polar surface area (TPSA) is 72.7 Å². The van der Waals surface area contributed by atoms with Gasteiger partial charge in [-0.05, 0) is 13.8 Å². The van der Waals surface area contributed by atoms with E-state index >= 15 is 0 Å². The summed E-state index contributed by atoms with van der Waals surface area (Å²) in [5.41, 5.74) is 2.30. The summed E-state index contributed by atoms with van der Waals surface area (Å²) in [6.07, 6.45) is -0.858. The molecule has 0 saturated heterocycles. The Kier molecular flexibility index (Phi) is 3.45. The van der Waals surface area contributed by atoms with Crippen molar-refractivity contribution in [3.8, 4) is 17.5 Å². The molecule has 18 heavy (non-hydrogen) atoms. The van der Waals surface area contributed by atoms with Gasteiger partial charge in [-0.2, -0.15) is 5.26 Å². The number of aromatic amines is 1. The molecule has 4 nitrogen and oxygen atoms in total. The molecule has 1 aromatic carbocycles. The number of imidazole rings is 1. The van der Waals surface area contributed by atoms with Gasteiger partial charge in [-0.1, -0.05) is 30.3 Å². The molecule has 0 spiro atoms. The molecule has 0 fully saturated rings. The number of H-pyrrole nitrogens is 1. The van der Waals surface area contributed by atoms with Crippen molar-refractivity contribution in [1.82, 2.24) is 9.97 Å². The first kappa shape index (κ1) is 12.3. The number of rotatable bonds is 3. The third-order valence-electron chi connectivity index (χ3n) is 2.93. The standard InChI is InChI=1S/C14H15N3O/c1-9(8-15)13(18)12-10(2)16-14(17-12)11-6-4-3-5-7-11/h3-7,9,13,18H,1-2H3,(H,16,17). The number of hydrogen-bond donors (Lipinski definition) is 2. The van der Waals surface area contributed by atoms with Gasteiger partial charge in [0.2, 0.25) is 0 Å². The second-order valence-electron chi connectivity index (χ2n) is 4.32. The first-order chi connectivity index (χ1) is 8.63. The van der Waals surface area contributed by atoms with Gasteiger partial charge in [-0.15, -0.1) is 0 Å². The highest BCUT2D eigenvalue weighted by Crippen LogP contribution is 2.25. The number of aliphatic hydroxyl groups is 1. The third-order valence-corrected chi connectivity index (χ3v) is 2.93. The second kappa shape index (κ2) is 5.03. The van der Waals surface area contributed by atoms with Crippen molar-refractivity contribution in [2.24, 2.45) is 5.92 Å². The number of aliphatic hydroxyl groups excluding tert-OH is 1. The number of aryl methyl sites for hydroxylation is 1. The fraction of sp³-hybridized carbons (Fsp3) is 0.286. The van der Waals surface area contributed by atoms with Gasteiger partial charge in [-0.3, -0.25) is 0 Å². The highest BCUT2D eigenvalue weighted by molar-refractivity contribution is 5.55. The minimum atomic E-state index is -0.858. The Hall–Kier alpha value is -2.12. The number of hydrogen-bond acceptors (Lipinski definition) is 3. The molecule has 2 unspecified atom stereocenters. The third kappa shape index (κ3) is 2.27. The van der Waals surface area contributed by atoms with Gasteiger partial charge in [-0.25, -0.2) is 4.98 Å². The first-order valence-electron chi connectivity index (χ1n) is 5.83.